The maximum atomic E-state index is 13.6. The van der Waals surface area contributed by atoms with Crippen molar-refractivity contribution in [2.24, 2.45) is 0 Å². The molecule has 2 aromatic heterocycles. The van der Waals surface area contributed by atoms with Gasteiger partial charge in [-0.3, -0.25) is 14.3 Å². The van der Waals surface area contributed by atoms with Crippen LogP contribution in [0.1, 0.15) is 21.9 Å². The number of benzene rings is 3. The van der Waals surface area contributed by atoms with Gasteiger partial charge in [-0.05, 0) is 55.3 Å². The van der Waals surface area contributed by atoms with Crippen molar-refractivity contribution in [3.05, 3.63) is 120 Å². The van der Waals surface area contributed by atoms with Gasteiger partial charge in [-0.15, -0.1) is 10.2 Å². The molecular weight excluding hydrogens is 466 g/mol. The van der Waals surface area contributed by atoms with E-state index in [1.807, 2.05) is 96.4 Å². The van der Waals surface area contributed by atoms with Crippen molar-refractivity contribution >= 4 is 23.4 Å². The minimum Gasteiger partial charge on any atom is -0.325 e. The third-order valence-electron chi connectivity index (χ3n) is 5.79. The molecule has 5 aromatic rings. The highest BCUT2D eigenvalue weighted by atomic mass is 32.2. The Labute approximate surface area is 214 Å². The van der Waals surface area contributed by atoms with Gasteiger partial charge in [-0.25, -0.2) is 0 Å². The van der Waals surface area contributed by atoms with Crippen LogP contribution in [0.25, 0.3) is 17.1 Å². The minimum atomic E-state index is -0.541. The third kappa shape index (κ3) is 5.06. The zero-order chi connectivity index (χ0) is 24.9. The number of anilines is 1. The molecule has 1 unspecified atom stereocenters. The first kappa shape index (κ1) is 23.5. The van der Waals surface area contributed by atoms with Gasteiger partial charge in [-0.2, -0.15) is 0 Å². The number of nitrogens with one attached hydrogen (secondary N) is 1. The summed E-state index contributed by atoms with van der Waals surface area (Å²) in [6.45, 7) is 4.07. The van der Waals surface area contributed by atoms with E-state index in [9.17, 15) is 4.79 Å². The number of nitrogens with zero attached hydrogens (tertiary/aromatic N) is 4. The number of amides is 1. The van der Waals surface area contributed by atoms with Crippen LogP contribution >= 0.6 is 11.8 Å². The molecule has 5 rings (SSSR count). The molecule has 0 aliphatic heterocycles. The van der Waals surface area contributed by atoms with Gasteiger partial charge in [0.2, 0.25) is 5.91 Å². The topological polar surface area (TPSA) is 72.7 Å². The number of aromatic nitrogens is 4. The van der Waals surface area contributed by atoms with Gasteiger partial charge in [-0.1, -0.05) is 78.0 Å². The molecule has 6 nitrogen and oxygen atoms in total. The molecule has 178 valence electrons. The van der Waals surface area contributed by atoms with Gasteiger partial charge in [0.05, 0.1) is 5.69 Å². The van der Waals surface area contributed by atoms with E-state index in [4.69, 9.17) is 0 Å². The monoisotopic (exact) mass is 491 g/mol. The molecule has 0 spiro atoms. The third-order valence-corrected chi connectivity index (χ3v) is 6.99. The molecule has 0 fully saturated rings. The van der Waals surface area contributed by atoms with Crippen molar-refractivity contribution in [1.82, 2.24) is 19.7 Å². The molecule has 1 atom stereocenters. The highest BCUT2D eigenvalue weighted by molar-refractivity contribution is 8.00. The predicted octanol–water partition coefficient (Wildman–Crippen LogP) is 6.42. The Bertz CT molecular complexity index is 1470. The fourth-order valence-corrected chi connectivity index (χ4v) is 4.96. The second-order valence-corrected chi connectivity index (χ2v) is 9.51. The Morgan fingerprint density at radius 2 is 1.61 bits per heavy atom. The molecule has 7 heteroatoms. The first-order chi connectivity index (χ1) is 17.6. The fraction of sp³-hybridized carbons (Fsp3) is 0.103. The summed E-state index contributed by atoms with van der Waals surface area (Å²) >= 11 is 1.37. The molecule has 1 N–H and O–H groups in total. The van der Waals surface area contributed by atoms with E-state index in [0.717, 1.165) is 33.6 Å². The van der Waals surface area contributed by atoms with Gasteiger partial charge in [0.1, 0.15) is 5.25 Å². The van der Waals surface area contributed by atoms with E-state index >= 15 is 0 Å². The maximum Gasteiger partial charge on any atom is 0.242 e. The lowest BCUT2D eigenvalue weighted by Gasteiger charge is -2.18. The van der Waals surface area contributed by atoms with Crippen LogP contribution in [0.15, 0.2) is 109 Å². The van der Waals surface area contributed by atoms with Crippen molar-refractivity contribution < 1.29 is 4.79 Å². The first-order valence-corrected chi connectivity index (χ1v) is 12.5. The largest absolute Gasteiger partial charge is 0.325 e. The van der Waals surface area contributed by atoms with E-state index in [2.05, 4.69) is 33.5 Å². The van der Waals surface area contributed by atoms with E-state index in [-0.39, 0.29) is 5.91 Å². The van der Waals surface area contributed by atoms with Gasteiger partial charge in [0.25, 0.3) is 0 Å². The number of thioether (sulfide) groups is 1. The molecule has 0 aliphatic carbocycles. The fourth-order valence-electron chi connectivity index (χ4n) is 3.91. The summed E-state index contributed by atoms with van der Waals surface area (Å²) in [5.74, 6) is 0.544. The average molecular weight is 492 g/mol. The predicted molar refractivity (Wildman–Crippen MR) is 144 cm³/mol. The van der Waals surface area contributed by atoms with Gasteiger partial charge >= 0.3 is 0 Å². The van der Waals surface area contributed by atoms with Gasteiger partial charge in [0, 0.05) is 23.6 Å². The van der Waals surface area contributed by atoms with E-state index < -0.39 is 5.25 Å². The molecule has 0 saturated carbocycles. The molecule has 1 amide bonds. The Morgan fingerprint density at radius 3 is 2.33 bits per heavy atom. The Balaban J connectivity index is 1.57. The summed E-state index contributed by atoms with van der Waals surface area (Å²) < 4.78 is 2.01. The number of hydrogen-bond donors (Lipinski definition) is 1. The number of rotatable bonds is 7. The Kier molecular flexibility index (Phi) is 6.91. The summed E-state index contributed by atoms with van der Waals surface area (Å²) in [6, 6.07) is 29.4. The number of pyridine rings is 1. The first-order valence-electron chi connectivity index (χ1n) is 11.6. The molecule has 0 saturated heterocycles. The molecule has 0 radical (unpaired) electrons. The quantitative estimate of drug-likeness (QED) is 0.266. The number of carbonyl (C=O) groups is 1. The molecule has 0 bridgehead atoms. The molecule has 0 aliphatic rings. The van der Waals surface area contributed by atoms with Crippen LogP contribution in [0.5, 0.6) is 0 Å². The van der Waals surface area contributed by atoms with Crippen LogP contribution in [-0.4, -0.2) is 25.7 Å². The van der Waals surface area contributed by atoms with Gasteiger partial charge < -0.3 is 5.32 Å². The number of para-hydroxylation sites is 1. The van der Waals surface area contributed by atoms with E-state index in [1.165, 1.54) is 11.8 Å². The summed E-state index contributed by atoms with van der Waals surface area (Å²) in [5, 5.41) is 12.2. The Morgan fingerprint density at radius 1 is 0.861 bits per heavy atom. The lowest BCUT2D eigenvalue weighted by atomic mass is 10.1. The van der Waals surface area contributed by atoms with Gasteiger partial charge in [0.15, 0.2) is 11.0 Å². The van der Waals surface area contributed by atoms with Crippen LogP contribution in [0.4, 0.5) is 5.69 Å². The minimum absolute atomic E-state index is 0.127. The van der Waals surface area contributed by atoms with E-state index in [1.54, 1.807) is 12.4 Å². The van der Waals surface area contributed by atoms with Crippen molar-refractivity contribution in [2.45, 2.75) is 24.3 Å². The highest BCUT2D eigenvalue weighted by Gasteiger charge is 2.27. The van der Waals surface area contributed by atoms with Crippen LogP contribution in [0.2, 0.25) is 0 Å². The van der Waals surface area contributed by atoms with Crippen molar-refractivity contribution in [1.29, 1.82) is 0 Å². The normalized spacial score (nSPS) is 11.7. The smallest absolute Gasteiger partial charge is 0.242 e. The van der Waals surface area contributed by atoms with Crippen LogP contribution < -0.4 is 5.32 Å². The summed E-state index contributed by atoms with van der Waals surface area (Å²) in [7, 11) is 0. The van der Waals surface area contributed by atoms with E-state index in [0.29, 0.717) is 11.0 Å². The molecular formula is C29H25N5OS. The second-order valence-electron chi connectivity index (χ2n) is 8.43. The van der Waals surface area contributed by atoms with Crippen LogP contribution in [0, 0.1) is 13.8 Å². The SMILES string of the molecule is Cc1ccc(NC(=O)C(Sc2nnc(-c3cccnc3)n2-c2ccccc2C)c2ccccc2)cc1. The average Bonchev–Trinajstić information content (AvgIpc) is 3.33. The Hall–Kier alpha value is -4.23. The number of hydrogen-bond acceptors (Lipinski definition) is 5. The van der Waals surface area contributed by atoms with Crippen molar-refractivity contribution in [3.8, 4) is 17.1 Å². The maximum absolute atomic E-state index is 13.6. The molecule has 36 heavy (non-hydrogen) atoms. The molecule has 2 heterocycles. The lowest BCUT2D eigenvalue weighted by molar-refractivity contribution is -0.115. The number of aryl methyl sites for hydroxylation is 2. The van der Waals surface area contributed by atoms with Crippen molar-refractivity contribution in [2.75, 3.05) is 5.32 Å². The molecule has 3 aromatic carbocycles. The summed E-state index contributed by atoms with van der Waals surface area (Å²) in [4.78, 5) is 17.9. The summed E-state index contributed by atoms with van der Waals surface area (Å²) in [6.07, 6.45) is 3.50. The highest BCUT2D eigenvalue weighted by Crippen LogP contribution is 2.38. The standard InChI is InChI=1S/C29H25N5OS/c1-20-14-16-24(17-15-20)31-28(35)26(22-10-4-3-5-11-22)36-29-33-32-27(23-12-8-18-30-19-23)34(29)25-13-7-6-9-21(25)2/h3-19,26H,1-2H3,(H,31,35). The number of carbonyl (C=O) groups excluding carboxylic acids is 1. The zero-order valence-corrected chi connectivity index (χ0v) is 20.8. The summed E-state index contributed by atoms with van der Waals surface area (Å²) in [5.41, 5.74) is 5.65. The zero-order valence-electron chi connectivity index (χ0n) is 20.0. The van der Waals surface area contributed by atoms with Crippen LogP contribution in [0.3, 0.4) is 0 Å². The van der Waals surface area contributed by atoms with Crippen LogP contribution in [-0.2, 0) is 4.79 Å². The lowest BCUT2D eigenvalue weighted by Crippen LogP contribution is -2.19. The second kappa shape index (κ2) is 10.6. The van der Waals surface area contributed by atoms with Crippen molar-refractivity contribution in [3.63, 3.8) is 0 Å².